The molecule has 8 heteroatoms. The first-order valence-corrected chi connectivity index (χ1v) is 8.60. The molecule has 0 aliphatic rings. The summed E-state index contributed by atoms with van der Waals surface area (Å²) in [6.07, 6.45) is -0.467. The number of anilines is 1. The van der Waals surface area contributed by atoms with Crippen LogP contribution in [0.3, 0.4) is 0 Å². The van der Waals surface area contributed by atoms with Gasteiger partial charge < -0.3 is 15.2 Å². The van der Waals surface area contributed by atoms with E-state index in [0.29, 0.717) is 5.56 Å². The van der Waals surface area contributed by atoms with Gasteiger partial charge in [-0.3, -0.25) is 10.1 Å². The highest BCUT2D eigenvalue weighted by atomic mass is 19.1. The molecule has 0 spiro atoms. The van der Waals surface area contributed by atoms with Crippen molar-refractivity contribution in [2.45, 2.75) is 32.8 Å². The second kappa shape index (κ2) is 8.69. The third-order valence-corrected chi connectivity index (χ3v) is 3.51. The number of aromatic hydroxyl groups is 1. The Kier molecular flexibility index (Phi) is 6.56. The fraction of sp³-hybridized carbons (Fsp3) is 0.300. The molecular formula is C20H22F2N2O4. The minimum absolute atomic E-state index is 0.000150. The first-order valence-electron chi connectivity index (χ1n) is 8.60. The second-order valence-electron chi connectivity index (χ2n) is 7.14. The van der Waals surface area contributed by atoms with E-state index in [0.717, 1.165) is 6.07 Å². The number of carbonyl (C=O) groups excluding carboxylic acids is 2. The minimum Gasteiger partial charge on any atom is -0.507 e. The number of phenolic OH excluding ortho intramolecular Hbond substituents is 1. The maximum atomic E-state index is 13.2. The van der Waals surface area contributed by atoms with Gasteiger partial charge in [0.25, 0.3) is 5.91 Å². The molecule has 0 saturated carbocycles. The topological polar surface area (TPSA) is 87.7 Å². The summed E-state index contributed by atoms with van der Waals surface area (Å²) in [5.74, 6) is -2.26. The molecule has 0 aliphatic heterocycles. The number of ether oxygens (including phenoxy) is 1. The molecule has 2 aromatic rings. The number of halogens is 2. The number of benzene rings is 2. The Hall–Kier alpha value is -3.16. The molecule has 0 saturated heterocycles. The van der Waals surface area contributed by atoms with E-state index < -0.39 is 29.2 Å². The molecule has 0 fully saturated rings. The monoisotopic (exact) mass is 392 g/mol. The number of amides is 2. The second-order valence-corrected chi connectivity index (χ2v) is 7.14. The Balaban J connectivity index is 1.93. The van der Waals surface area contributed by atoms with Gasteiger partial charge in [-0.05, 0) is 57.0 Å². The van der Waals surface area contributed by atoms with E-state index in [-0.39, 0.29) is 30.0 Å². The lowest BCUT2D eigenvalue weighted by Crippen LogP contribution is -2.27. The molecule has 6 nitrogen and oxygen atoms in total. The van der Waals surface area contributed by atoms with E-state index in [4.69, 9.17) is 4.74 Å². The van der Waals surface area contributed by atoms with Crippen LogP contribution in [0.5, 0.6) is 5.75 Å². The zero-order chi connectivity index (χ0) is 20.9. The van der Waals surface area contributed by atoms with Crippen LogP contribution in [0.2, 0.25) is 0 Å². The lowest BCUT2D eigenvalue weighted by Gasteiger charge is -2.19. The average Bonchev–Trinajstić information content (AvgIpc) is 2.51. The molecule has 0 atom stereocenters. The van der Waals surface area contributed by atoms with Crippen molar-refractivity contribution in [1.82, 2.24) is 5.32 Å². The summed E-state index contributed by atoms with van der Waals surface area (Å²) in [5.41, 5.74) is -0.00563. The largest absolute Gasteiger partial charge is 0.507 e. The number of carbonyl (C=O) groups is 2. The first kappa shape index (κ1) is 21.1. The van der Waals surface area contributed by atoms with Crippen LogP contribution in [0.4, 0.5) is 19.3 Å². The Bertz CT molecular complexity index is 859. The van der Waals surface area contributed by atoms with Gasteiger partial charge in [0.15, 0.2) is 0 Å². The number of hydrogen-bond acceptors (Lipinski definition) is 4. The van der Waals surface area contributed by atoms with Gasteiger partial charge in [0.1, 0.15) is 23.0 Å². The Labute approximate surface area is 161 Å². The van der Waals surface area contributed by atoms with Crippen molar-refractivity contribution in [3.05, 3.63) is 59.2 Å². The molecule has 0 aromatic heterocycles. The van der Waals surface area contributed by atoms with Crippen LogP contribution in [-0.4, -0.2) is 29.3 Å². The van der Waals surface area contributed by atoms with Crippen molar-refractivity contribution in [2.75, 3.05) is 11.9 Å². The van der Waals surface area contributed by atoms with Gasteiger partial charge in [-0.2, -0.15) is 0 Å². The molecule has 2 rings (SSSR count). The summed E-state index contributed by atoms with van der Waals surface area (Å²) in [7, 11) is 0. The van der Waals surface area contributed by atoms with E-state index in [9.17, 15) is 23.5 Å². The van der Waals surface area contributed by atoms with E-state index in [1.54, 1.807) is 20.8 Å². The van der Waals surface area contributed by atoms with Gasteiger partial charge in [-0.1, -0.05) is 0 Å². The van der Waals surface area contributed by atoms with E-state index >= 15 is 0 Å². The van der Waals surface area contributed by atoms with Crippen molar-refractivity contribution in [2.24, 2.45) is 0 Å². The third-order valence-electron chi connectivity index (χ3n) is 3.51. The molecule has 0 aliphatic carbocycles. The fourth-order valence-electron chi connectivity index (χ4n) is 2.39. The van der Waals surface area contributed by atoms with Gasteiger partial charge in [-0.25, -0.2) is 13.6 Å². The Morgan fingerprint density at radius 3 is 2.29 bits per heavy atom. The first-order chi connectivity index (χ1) is 13.0. The Morgan fingerprint density at radius 1 is 1.07 bits per heavy atom. The highest BCUT2D eigenvalue weighted by Crippen LogP contribution is 2.22. The van der Waals surface area contributed by atoms with Gasteiger partial charge >= 0.3 is 6.09 Å². The van der Waals surface area contributed by atoms with Crippen LogP contribution in [0, 0.1) is 11.6 Å². The summed E-state index contributed by atoms with van der Waals surface area (Å²) in [6.45, 7) is 5.28. The fourth-order valence-corrected chi connectivity index (χ4v) is 2.39. The molecule has 0 radical (unpaired) electrons. The number of hydrogen-bond donors (Lipinski definition) is 3. The molecule has 3 N–H and O–H groups in total. The van der Waals surface area contributed by atoms with Crippen LogP contribution in [0.1, 0.15) is 36.7 Å². The molecule has 2 amide bonds. The van der Waals surface area contributed by atoms with Crippen LogP contribution in [0.25, 0.3) is 0 Å². The van der Waals surface area contributed by atoms with Crippen molar-refractivity contribution in [1.29, 1.82) is 0 Å². The maximum absolute atomic E-state index is 13.2. The standard InChI is InChI=1S/C20H22F2N2O4/c1-20(2,3)28-19(27)24-15-4-5-16(17(25)11-15)18(26)23-7-6-12-8-13(21)10-14(22)9-12/h4-5,8-11,25H,6-7H2,1-3H3,(H,23,26)(H,24,27). The highest BCUT2D eigenvalue weighted by molar-refractivity contribution is 5.98. The van der Waals surface area contributed by atoms with Crippen molar-refractivity contribution >= 4 is 17.7 Å². The number of nitrogens with one attached hydrogen (secondary N) is 2. The molecule has 28 heavy (non-hydrogen) atoms. The van der Waals surface area contributed by atoms with Gasteiger partial charge in [-0.15, -0.1) is 0 Å². The van der Waals surface area contributed by atoms with E-state index in [2.05, 4.69) is 10.6 Å². The average molecular weight is 392 g/mol. The Morgan fingerprint density at radius 2 is 1.71 bits per heavy atom. The molecule has 0 bridgehead atoms. The van der Waals surface area contributed by atoms with Crippen molar-refractivity contribution in [3.8, 4) is 5.75 Å². The van der Waals surface area contributed by atoms with Crippen molar-refractivity contribution in [3.63, 3.8) is 0 Å². The molecule has 150 valence electrons. The summed E-state index contributed by atoms with van der Waals surface area (Å²) >= 11 is 0. The van der Waals surface area contributed by atoms with Crippen LogP contribution >= 0.6 is 0 Å². The maximum Gasteiger partial charge on any atom is 0.412 e. The van der Waals surface area contributed by atoms with Gasteiger partial charge in [0.2, 0.25) is 0 Å². The number of rotatable bonds is 5. The molecule has 0 unspecified atom stereocenters. The van der Waals surface area contributed by atoms with E-state index in [1.807, 2.05) is 0 Å². The quantitative estimate of drug-likeness (QED) is 0.718. The minimum atomic E-state index is -0.688. The smallest absolute Gasteiger partial charge is 0.412 e. The molecule has 0 heterocycles. The van der Waals surface area contributed by atoms with Crippen molar-refractivity contribution < 1.29 is 28.2 Å². The summed E-state index contributed by atoms with van der Waals surface area (Å²) < 4.78 is 31.4. The predicted octanol–water partition coefficient (Wildman–Crippen LogP) is 3.99. The van der Waals surface area contributed by atoms with Crippen LogP contribution in [0.15, 0.2) is 36.4 Å². The van der Waals surface area contributed by atoms with Gasteiger partial charge in [0.05, 0.1) is 5.56 Å². The SMILES string of the molecule is CC(C)(C)OC(=O)Nc1ccc(C(=O)NCCc2cc(F)cc(F)c2)c(O)c1. The zero-order valence-electron chi connectivity index (χ0n) is 15.8. The molecular weight excluding hydrogens is 370 g/mol. The van der Waals surface area contributed by atoms with Gasteiger partial charge in [0, 0.05) is 24.4 Å². The number of phenols is 1. The van der Waals surface area contributed by atoms with E-state index in [1.165, 1.54) is 30.3 Å². The zero-order valence-corrected chi connectivity index (χ0v) is 15.8. The summed E-state index contributed by atoms with van der Waals surface area (Å²) in [5, 5.41) is 15.1. The molecule has 2 aromatic carbocycles. The predicted molar refractivity (Wildman–Crippen MR) is 100 cm³/mol. The summed E-state index contributed by atoms with van der Waals surface area (Å²) in [4.78, 5) is 23.9. The third kappa shape index (κ3) is 6.53. The highest BCUT2D eigenvalue weighted by Gasteiger charge is 2.17. The normalized spacial score (nSPS) is 11.0. The lowest BCUT2D eigenvalue weighted by molar-refractivity contribution is 0.0635. The van der Waals surface area contributed by atoms with Crippen LogP contribution in [-0.2, 0) is 11.2 Å². The summed E-state index contributed by atoms with van der Waals surface area (Å²) in [6, 6.07) is 7.15. The van der Waals surface area contributed by atoms with Crippen LogP contribution < -0.4 is 10.6 Å². The lowest BCUT2D eigenvalue weighted by atomic mass is 10.1.